The van der Waals surface area contributed by atoms with Crippen LogP contribution in [0.1, 0.15) is 192 Å². The van der Waals surface area contributed by atoms with Crippen LogP contribution < -0.4 is 20.1 Å². The maximum atomic E-state index is 14.2. The van der Waals surface area contributed by atoms with Crippen molar-refractivity contribution in [3.63, 3.8) is 0 Å². The predicted octanol–water partition coefficient (Wildman–Crippen LogP) is 13.8. The van der Waals surface area contributed by atoms with E-state index in [-0.39, 0.29) is 84.0 Å². The van der Waals surface area contributed by atoms with Crippen LogP contribution in [-0.2, 0) is 38.1 Å². The van der Waals surface area contributed by atoms with Gasteiger partial charge >= 0.3 is 12.2 Å². The molecule has 8 aromatic rings. The zero-order chi connectivity index (χ0) is 80.8. The van der Waals surface area contributed by atoms with Gasteiger partial charge in [0.15, 0.2) is 23.0 Å². The molecule has 20 atom stereocenters. The van der Waals surface area contributed by atoms with E-state index in [0.717, 1.165) is 165 Å². The van der Waals surface area contributed by atoms with Gasteiger partial charge in [-0.25, -0.2) is 29.5 Å². The van der Waals surface area contributed by atoms with E-state index in [1.807, 2.05) is 90.5 Å². The Labute approximate surface area is 674 Å². The number of fused-ring (bicyclic) bond motifs is 10. The van der Waals surface area contributed by atoms with Crippen LogP contribution in [0.5, 0.6) is 23.0 Å². The fourth-order valence-electron chi connectivity index (χ4n) is 20.9. The second-order valence-corrected chi connectivity index (χ2v) is 34.0. The number of carbonyl (C=O) groups is 6. The van der Waals surface area contributed by atoms with Gasteiger partial charge in [-0.05, 0) is 199 Å². The van der Waals surface area contributed by atoms with Crippen molar-refractivity contribution in [2.24, 2.45) is 35.5 Å². The van der Waals surface area contributed by atoms with Gasteiger partial charge < -0.3 is 88.8 Å². The Morgan fingerprint density at radius 2 is 0.724 bits per heavy atom. The fourth-order valence-corrected chi connectivity index (χ4v) is 20.9. The number of ether oxygens (including phenoxy) is 6. The highest BCUT2D eigenvalue weighted by molar-refractivity contribution is 6.05. The Morgan fingerprint density at radius 1 is 0.397 bits per heavy atom. The first-order chi connectivity index (χ1) is 56.1. The number of amides is 6. The summed E-state index contributed by atoms with van der Waals surface area (Å²) < 4.78 is 33.5. The molecule has 0 bridgehead atoms. The summed E-state index contributed by atoms with van der Waals surface area (Å²) in [6, 6.07) is 22.1. The molecule has 28 nitrogen and oxygen atoms in total. The summed E-state index contributed by atoms with van der Waals surface area (Å²) in [5.74, 6) is 5.84. The largest absolute Gasteiger partial charge is 0.453 e. The van der Waals surface area contributed by atoms with Gasteiger partial charge in [0.1, 0.15) is 35.4 Å². The van der Waals surface area contributed by atoms with E-state index in [2.05, 4.69) is 71.9 Å². The number of imidazole rings is 4. The van der Waals surface area contributed by atoms with Gasteiger partial charge in [-0.15, -0.1) is 0 Å². The predicted molar refractivity (Wildman–Crippen MR) is 429 cm³/mol. The molecule has 4 saturated carbocycles. The molecule has 612 valence electrons. The van der Waals surface area contributed by atoms with Crippen molar-refractivity contribution < 1.29 is 67.4 Å². The molecule has 0 spiro atoms. The standard InChI is InChI=1S/C45H55N7O8.C43H51N7O6/c1-23(24(2)56-4)43(53)51-32-11-7-9-28(32)17-34(51)41-46-21-30(48-41)26-13-15-36-38(19-26)59-37-16-14-27(20-39(37)60-36)31-22-47-42(49-31)35-18-29-10-8-12-33(29)52(35)44(54)40(25(3)57-5)50-45(55)58-6;1-21(22(2)51)41(53)49-34-9-5-7-26(34)17-36(49)39-44-19-32(46-39)24-11-13-28-30(15-24)29-14-12-25(16-31(28)29)33-20-45-40(47-33)37-18-27-8-6-10-35(27)50(37)42(54)38(23(3)52)48-43(55)56-4/h13-16,19-25,28-29,32-35,40H,7-12,17-18H2,1-6H3,(H,46,48)(H,47,49)(H,50,55);11-16,19-23,26-27,34-38,51-52H,5-10,17-18H2,1-4H3,(H,44,46)(H,45,47)(H,48,55)/t23-,24+,25+,28-,29-,32-,33-,34?,35-,40-;21-,22+,23+,26-,27-,34-,35-,36?,37-,38-/m00/s1. The SMILES string of the molecule is COC(=O)N[C@H](C(=O)N1[C@H](c2ncc(-c3ccc4c(c3)-c3ccc(-c5cnc(C6C[C@@H]7CCC[C@@H]7N6C(=O)[C@@H](C)[C@@H](C)O)[nH]5)cc3-4)[nH]2)C[C@@H]2CCC[C@@H]21)[C@@H](C)O.COC(=O)N[C@H](C(=O)N1[C@H](c2ncc(-c3ccc4c(c3)Oc3ccc(-c5cnc(C6C[C@@H]7CCC[C@@H]7N6C(=O)[C@@H](C)[C@@H](C)OC)[nH]5)cc3O4)[nH]2)C[C@@H]2CCC[C@@H]21)[C@@H](C)OC. The number of alkyl carbamates (subject to hydrolysis) is 2. The highest BCUT2D eigenvalue weighted by Gasteiger charge is 2.54. The number of hydrogen-bond donors (Lipinski definition) is 8. The zero-order valence-electron chi connectivity index (χ0n) is 67.5. The van der Waals surface area contributed by atoms with Gasteiger partial charge in [0, 0.05) is 60.6 Å². The molecule has 6 amide bonds. The minimum absolute atomic E-state index is 0.00880. The second kappa shape index (κ2) is 31.9. The maximum absolute atomic E-state index is 14.2. The van der Waals surface area contributed by atoms with Crippen molar-refractivity contribution in [1.82, 2.24) is 70.1 Å². The first kappa shape index (κ1) is 78.1. The molecule has 28 heteroatoms. The molecule has 8 fully saturated rings. The van der Waals surface area contributed by atoms with Gasteiger partial charge in [-0.3, -0.25) is 19.2 Å². The van der Waals surface area contributed by atoms with Crippen LogP contribution in [0.4, 0.5) is 9.59 Å². The summed E-state index contributed by atoms with van der Waals surface area (Å²) in [4.78, 5) is 121. The minimum Gasteiger partial charge on any atom is -0.453 e. The lowest BCUT2D eigenvalue weighted by atomic mass is 9.78. The third-order valence-corrected chi connectivity index (χ3v) is 27.6. The quantitative estimate of drug-likeness (QED) is 0.0351. The van der Waals surface area contributed by atoms with Crippen molar-refractivity contribution in [3.8, 4) is 90.3 Å². The molecule has 5 aliphatic carbocycles. The fraction of sp³-hybridized carbons (Fsp3) is 0.523. The number of aromatic amines is 4. The number of aliphatic hydroxyl groups is 2. The minimum atomic E-state index is -1.12. The molecule has 4 aromatic heterocycles. The number of aliphatic hydroxyl groups excluding tert-OH is 2. The Balaban J connectivity index is 0.000000167. The molecule has 0 radical (unpaired) electrons. The van der Waals surface area contributed by atoms with Crippen molar-refractivity contribution >= 4 is 35.8 Å². The third-order valence-electron chi connectivity index (χ3n) is 27.6. The van der Waals surface area contributed by atoms with Crippen LogP contribution in [0, 0.1) is 35.5 Å². The Kier molecular flexibility index (Phi) is 21.5. The summed E-state index contributed by atoms with van der Waals surface area (Å²) >= 11 is 0. The number of rotatable bonds is 20. The van der Waals surface area contributed by atoms with E-state index in [4.69, 9.17) is 48.4 Å². The highest BCUT2D eigenvalue weighted by atomic mass is 16.6. The Bertz CT molecular complexity index is 5050. The lowest BCUT2D eigenvalue weighted by molar-refractivity contribution is -0.143. The van der Waals surface area contributed by atoms with Gasteiger partial charge in [0.05, 0.1) is 122 Å². The number of hydrogen-bond acceptors (Lipinski definition) is 18. The van der Waals surface area contributed by atoms with E-state index in [9.17, 15) is 39.0 Å². The van der Waals surface area contributed by atoms with Crippen molar-refractivity contribution in [2.45, 2.75) is 229 Å². The number of nitrogens with zero attached hydrogens (tertiary/aromatic N) is 8. The van der Waals surface area contributed by atoms with Crippen molar-refractivity contribution in [2.75, 3.05) is 28.4 Å². The average Bonchev–Trinajstić information content (AvgIpc) is 1.18. The van der Waals surface area contributed by atoms with Crippen LogP contribution in [0.2, 0.25) is 0 Å². The molecule has 4 saturated heterocycles. The summed E-state index contributed by atoms with van der Waals surface area (Å²) in [7, 11) is 5.69. The van der Waals surface area contributed by atoms with Crippen LogP contribution in [0.25, 0.3) is 67.3 Å². The van der Waals surface area contributed by atoms with Crippen molar-refractivity contribution in [1.29, 1.82) is 0 Å². The molecule has 2 unspecified atom stereocenters. The van der Waals surface area contributed by atoms with Crippen LogP contribution in [0.15, 0.2) is 97.6 Å². The van der Waals surface area contributed by atoms with Crippen LogP contribution in [0.3, 0.4) is 0 Å². The molecular formula is C88H106N14O14. The van der Waals surface area contributed by atoms with E-state index in [1.165, 1.54) is 44.9 Å². The number of carbonyl (C=O) groups excluding carboxylic acids is 6. The summed E-state index contributed by atoms with van der Waals surface area (Å²) in [5, 5.41) is 26.0. The normalized spacial score (nSPS) is 26.3. The van der Waals surface area contributed by atoms with E-state index >= 15 is 0 Å². The summed E-state index contributed by atoms with van der Waals surface area (Å²) in [6.07, 6.45) is 19.2. The van der Waals surface area contributed by atoms with Gasteiger partial charge in [-0.2, -0.15) is 0 Å². The number of nitrogens with one attached hydrogen (secondary N) is 6. The number of benzene rings is 4. The molecule has 10 aliphatic rings. The Hall–Kier alpha value is -10.4. The topological polar surface area (TPSA) is 350 Å². The van der Waals surface area contributed by atoms with Crippen LogP contribution in [-0.4, -0.2) is 195 Å². The molecule has 8 N–H and O–H groups in total. The summed E-state index contributed by atoms with van der Waals surface area (Å²) in [5.41, 5.74) is 11.8. The molecular weight excluding hydrogens is 1480 g/mol. The maximum Gasteiger partial charge on any atom is 0.407 e. The molecule has 5 aliphatic heterocycles. The average molecular weight is 1580 g/mol. The van der Waals surface area contributed by atoms with E-state index < -0.39 is 48.5 Å². The monoisotopic (exact) mass is 1580 g/mol. The number of H-pyrrole nitrogens is 4. The zero-order valence-corrected chi connectivity index (χ0v) is 67.5. The molecule has 116 heavy (non-hydrogen) atoms. The first-order valence-electron chi connectivity index (χ1n) is 41.6. The molecule has 18 rings (SSSR count). The Morgan fingerprint density at radius 3 is 1.07 bits per heavy atom. The second-order valence-electron chi connectivity index (χ2n) is 34.0. The number of aromatic nitrogens is 8. The van der Waals surface area contributed by atoms with Crippen LogP contribution >= 0.6 is 0 Å². The van der Waals surface area contributed by atoms with E-state index in [0.29, 0.717) is 58.3 Å². The van der Waals surface area contributed by atoms with Crippen molar-refractivity contribution in [3.05, 3.63) is 121 Å². The van der Waals surface area contributed by atoms with Gasteiger partial charge in [-0.1, -0.05) is 63.8 Å². The highest BCUT2D eigenvalue weighted by Crippen LogP contribution is 2.55. The molecule has 9 heterocycles. The smallest absolute Gasteiger partial charge is 0.407 e. The number of methoxy groups -OCH3 is 4. The summed E-state index contributed by atoms with van der Waals surface area (Å²) in [6.45, 7) is 10.7. The van der Waals surface area contributed by atoms with E-state index in [1.54, 1.807) is 27.2 Å². The van der Waals surface area contributed by atoms with Gasteiger partial charge in [0.2, 0.25) is 23.6 Å². The lowest BCUT2D eigenvalue weighted by Crippen LogP contribution is -2.55. The van der Waals surface area contributed by atoms with Gasteiger partial charge in [0.25, 0.3) is 0 Å². The third kappa shape index (κ3) is 14.1. The lowest BCUT2D eigenvalue weighted by Gasteiger charge is -2.34. The number of likely N-dealkylation sites (tertiary alicyclic amines) is 4. The first-order valence-corrected chi connectivity index (χ1v) is 41.6. The molecule has 4 aromatic carbocycles.